The molecule has 0 aromatic carbocycles. The van der Waals surface area contributed by atoms with E-state index in [2.05, 4.69) is 10.3 Å². The molecule has 1 atom stereocenters. The van der Waals surface area contributed by atoms with Crippen molar-refractivity contribution in [3.05, 3.63) is 39.7 Å². The molecule has 18 heavy (non-hydrogen) atoms. The smallest absolute Gasteiger partial charge is 0.338 e. The van der Waals surface area contributed by atoms with Gasteiger partial charge in [-0.15, -0.1) is 11.3 Å². The summed E-state index contributed by atoms with van der Waals surface area (Å²) in [6.45, 7) is 4.45. The van der Waals surface area contributed by atoms with Crippen LogP contribution in [0.15, 0.2) is 22.1 Å². The van der Waals surface area contributed by atoms with Crippen LogP contribution in [0.4, 0.5) is 0 Å². The van der Waals surface area contributed by atoms with Gasteiger partial charge in [0, 0.05) is 11.1 Å². The number of nitrogens with zero attached hydrogens (tertiary/aromatic N) is 1. The lowest BCUT2D eigenvalue weighted by Crippen LogP contribution is -2.17. The van der Waals surface area contributed by atoms with Gasteiger partial charge in [-0.2, -0.15) is 0 Å². The number of aromatic carboxylic acids is 1. The van der Waals surface area contributed by atoms with Crippen molar-refractivity contribution < 1.29 is 14.3 Å². The monoisotopic (exact) mass is 266 g/mol. The minimum absolute atomic E-state index is 0.113. The van der Waals surface area contributed by atoms with Crippen LogP contribution >= 0.6 is 11.3 Å². The second-order valence-corrected chi connectivity index (χ2v) is 4.93. The van der Waals surface area contributed by atoms with Gasteiger partial charge in [0.2, 0.25) is 0 Å². The van der Waals surface area contributed by atoms with Crippen molar-refractivity contribution in [2.75, 3.05) is 0 Å². The number of carbonyl (C=O) groups is 1. The summed E-state index contributed by atoms with van der Waals surface area (Å²) in [5.41, 5.74) is 1.18. The van der Waals surface area contributed by atoms with Gasteiger partial charge in [-0.05, 0) is 19.9 Å². The normalized spacial score (nSPS) is 12.6. The highest BCUT2D eigenvalue weighted by atomic mass is 32.1. The number of hydrogen-bond acceptors (Lipinski definition) is 5. The number of aromatic nitrogens is 1. The molecule has 0 saturated heterocycles. The van der Waals surface area contributed by atoms with Crippen LogP contribution in [0.25, 0.3) is 0 Å². The van der Waals surface area contributed by atoms with E-state index in [1.54, 1.807) is 11.3 Å². The number of furan rings is 1. The zero-order chi connectivity index (χ0) is 13.1. The third-order valence-corrected chi connectivity index (χ3v) is 3.64. The summed E-state index contributed by atoms with van der Waals surface area (Å²) in [4.78, 5) is 15.1. The Morgan fingerprint density at radius 3 is 3.00 bits per heavy atom. The minimum Gasteiger partial charge on any atom is -0.478 e. The summed E-state index contributed by atoms with van der Waals surface area (Å²) in [6.07, 6.45) is 1.25. The van der Waals surface area contributed by atoms with Crippen molar-refractivity contribution in [1.82, 2.24) is 10.3 Å². The second kappa shape index (κ2) is 5.32. The molecular formula is C12H14N2O3S. The Morgan fingerprint density at radius 2 is 2.44 bits per heavy atom. The van der Waals surface area contributed by atoms with Gasteiger partial charge in [0.1, 0.15) is 17.0 Å². The largest absolute Gasteiger partial charge is 0.478 e. The molecule has 0 aliphatic heterocycles. The van der Waals surface area contributed by atoms with Crippen LogP contribution in [0, 0.1) is 6.92 Å². The molecule has 2 rings (SSSR count). The van der Waals surface area contributed by atoms with Crippen molar-refractivity contribution in [2.24, 2.45) is 0 Å². The maximum Gasteiger partial charge on any atom is 0.338 e. The quantitative estimate of drug-likeness (QED) is 0.870. The summed E-state index contributed by atoms with van der Waals surface area (Å²) in [6, 6.07) is 1.64. The lowest BCUT2D eigenvalue weighted by atomic mass is 10.3. The molecule has 0 spiro atoms. The van der Waals surface area contributed by atoms with Gasteiger partial charge in [-0.25, -0.2) is 9.78 Å². The fourth-order valence-corrected chi connectivity index (χ4v) is 2.33. The van der Waals surface area contributed by atoms with Gasteiger partial charge in [0.05, 0.1) is 18.2 Å². The minimum atomic E-state index is -0.978. The number of carboxylic acid groups (broad SMARTS) is 1. The molecule has 2 aromatic heterocycles. The van der Waals surface area contributed by atoms with Crippen molar-refractivity contribution >= 4 is 17.3 Å². The Labute approximate surface area is 108 Å². The molecule has 2 aromatic rings. The first kappa shape index (κ1) is 12.8. The lowest BCUT2D eigenvalue weighted by Gasteiger charge is -2.09. The molecule has 0 amide bonds. The fraction of sp³-hybridized carbons (Fsp3) is 0.333. The zero-order valence-electron chi connectivity index (χ0n) is 10.1. The molecular weight excluding hydrogens is 252 g/mol. The van der Waals surface area contributed by atoms with E-state index >= 15 is 0 Å². The molecule has 0 saturated carbocycles. The first-order chi connectivity index (χ1) is 8.56. The third-order valence-electron chi connectivity index (χ3n) is 2.49. The summed E-state index contributed by atoms with van der Waals surface area (Å²) in [5.74, 6) is -0.374. The molecule has 5 nitrogen and oxygen atoms in total. The lowest BCUT2D eigenvalue weighted by molar-refractivity contribution is 0.0696. The van der Waals surface area contributed by atoms with Crippen LogP contribution in [0.5, 0.6) is 0 Å². The Morgan fingerprint density at radius 1 is 1.67 bits per heavy atom. The van der Waals surface area contributed by atoms with Crippen LogP contribution in [0.2, 0.25) is 0 Å². The molecule has 0 bridgehead atoms. The summed E-state index contributed by atoms with van der Waals surface area (Å²) < 4.78 is 5.16. The van der Waals surface area contributed by atoms with E-state index < -0.39 is 5.97 Å². The predicted molar refractivity (Wildman–Crippen MR) is 67.8 cm³/mol. The van der Waals surface area contributed by atoms with Gasteiger partial charge < -0.3 is 14.8 Å². The molecule has 2 N–H and O–H groups in total. The fourth-order valence-electron chi connectivity index (χ4n) is 1.50. The average Bonchev–Trinajstić information content (AvgIpc) is 2.94. The van der Waals surface area contributed by atoms with E-state index in [1.807, 2.05) is 19.2 Å². The van der Waals surface area contributed by atoms with Crippen LogP contribution in [-0.4, -0.2) is 16.1 Å². The summed E-state index contributed by atoms with van der Waals surface area (Å²) in [5, 5.41) is 15.0. The summed E-state index contributed by atoms with van der Waals surface area (Å²) >= 11 is 1.60. The molecule has 96 valence electrons. The van der Waals surface area contributed by atoms with Gasteiger partial charge in [-0.3, -0.25) is 0 Å². The Hall–Kier alpha value is -1.66. The number of rotatable bonds is 5. The van der Waals surface area contributed by atoms with E-state index in [0.717, 1.165) is 10.7 Å². The van der Waals surface area contributed by atoms with Gasteiger partial charge in [0.25, 0.3) is 0 Å². The van der Waals surface area contributed by atoms with Crippen molar-refractivity contribution in [1.29, 1.82) is 0 Å². The first-order valence-electron chi connectivity index (χ1n) is 5.52. The van der Waals surface area contributed by atoms with Crippen LogP contribution < -0.4 is 5.32 Å². The maximum atomic E-state index is 10.7. The summed E-state index contributed by atoms with van der Waals surface area (Å²) in [7, 11) is 0. The Balaban J connectivity index is 1.92. The average molecular weight is 266 g/mol. The predicted octanol–water partition coefficient (Wildman–Crippen LogP) is 2.59. The van der Waals surface area contributed by atoms with E-state index in [-0.39, 0.29) is 11.6 Å². The van der Waals surface area contributed by atoms with E-state index in [1.165, 1.54) is 12.3 Å². The molecule has 2 heterocycles. The highest BCUT2D eigenvalue weighted by Crippen LogP contribution is 2.18. The molecule has 0 radical (unpaired) electrons. The number of hydrogen-bond donors (Lipinski definition) is 2. The molecule has 6 heteroatoms. The van der Waals surface area contributed by atoms with Crippen LogP contribution in [0.1, 0.15) is 39.8 Å². The zero-order valence-corrected chi connectivity index (χ0v) is 11.0. The van der Waals surface area contributed by atoms with Gasteiger partial charge in [0.15, 0.2) is 0 Å². The highest BCUT2D eigenvalue weighted by Gasteiger charge is 2.11. The SMILES string of the molecule is Cc1csc(C(C)NCc2cc(C(=O)O)co2)n1. The second-order valence-electron chi connectivity index (χ2n) is 4.04. The number of aryl methyl sites for hydroxylation is 1. The van der Waals surface area contributed by atoms with Crippen molar-refractivity contribution in [3.63, 3.8) is 0 Å². The molecule has 0 aliphatic carbocycles. The molecule has 1 unspecified atom stereocenters. The maximum absolute atomic E-state index is 10.7. The molecule has 0 fully saturated rings. The van der Waals surface area contributed by atoms with Crippen molar-refractivity contribution in [2.45, 2.75) is 26.4 Å². The first-order valence-corrected chi connectivity index (χ1v) is 6.40. The highest BCUT2D eigenvalue weighted by molar-refractivity contribution is 7.09. The molecule has 0 aliphatic rings. The van der Waals surface area contributed by atoms with E-state index in [0.29, 0.717) is 12.3 Å². The number of nitrogens with one attached hydrogen (secondary N) is 1. The Bertz CT molecular complexity index is 547. The standard InChI is InChI=1S/C12H14N2O3S/c1-7-6-18-11(14-7)8(2)13-4-10-3-9(5-17-10)12(15)16/h3,5-6,8,13H,4H2,1-2H3,(H,15,16). The van der Waals surface area contributed by atoms with E-state index in [9.17, 15) is 4.79 Å². The topological polar surface area (TPSA) is 75.4 Å². The van der Waals surface area contributed by atoms with Crippen LogP contribution in [0.3, 0.4) is 0 Å². The number of thiazole rings is 1. The van der Waals surface area contributed by atoms with E-state index in [4.69, 9.17) is 9.52 Å². The van der Waals surface area contributed by atoms with Crippen LogP contribution in [-0.2, 0) is 6.54 Å². The number of carboxylic acids is 1. The Kier molecular flexibility index (Phi) is 3.78. The van der Waals surface area contributed by atoms with Gasteiger partial charge >= 0.3 is 5.97 Å². The third kappa shape index (κ3) is 2.96. The van der Waals surface area contributed by atoms with Gasteiger partial charge in [-0.1, -0.05) is 0 Å². The van der Waals surface area contributed by atoms with Crippen molar-refractivity contribution in [3.8, 4) is 0 Å².